The lowest BCUT2D eigenvalue weighted by molar-refractivity contribution is -0.137. The van der Waals surface area contributed by atoms with Gasteiger partial charge in [0.15, 0.2) is 0 Å². The molecular formula is C14H21NO4S. The number of hydrogen-bond donors (Lipinski definition) is 2. The summed E-state index contributed by atoms with van der Waals surface area (Å²) in [5.41, 5.74) is 1.06. The molecule has 1 aromatic rings. The number of sulfonamides is 1. The van der Waals surface area contributed by atoms with E-state index in [0.29, 0.717) is 12.3 Å². The quantitative estimate of drug-likeness (QED) is 0.809. The minimum absolute atomic E-state index is 0.158. The van der Waals surface area contributed by atoms with E-state index in [1.165, 1.54) is 0 Å². The minimum Gasteiger partial charge on any atom is -0.481 e. The molecule has 0 heterocycles. The lowest BCUT2D eigenvalue weighted by atomic mass is 10.0. The van der Waals surface area contributed by atoms with E-state index in [4.69, 9.17) is 5.11 Å². The van der Waals surface area contributed by atoms with E-state index in [0.717, 1.165) is 5.56 Å². The number of aliphatic carboxylic acids is 1. The smallest absolute Gasteiger partial charge is 0.304 e. The highest BCUT2D eigenvalue weighted by molar-refractivity contribution is 7.89. The van der Waals surface area contributed by atoms with Crippen LogP contribution in [-0.4, -0.2) is 25.5 Å². The Hall–Kier alpha value is -1.40. The third kappa shape index (κ3) is 4.61. The summed E-state index contributed by atoms with van der Waals surface area (Å²) in [6, 6.07) is 6.05. The summed E-state index contributed by atoms with van der Waals surface area (Å²) in [6.45, 7) is 5.81. The molecule has 0 bridgehead atoms. The van der Waals surface area contributed by atoms with Gasteiger partial charge in [0.1, 0.15) is 0 Å². The van der Waals surface area contributed by atoms with Gasteiger partial charge >= 0.3 is 5.97 Å². The number of carboxylic acids is 1. The third-order valence-corrected chi connectivity index (χ3v) is 4.63. The van der Waals surface area contributed by atoms with Crippen molar-refractivity contribution in [2.24, 2.45) is 0 Å². The molecule has 0 saturated heterocycles. The molecule has 2 N–H and O–H groups in total. The van der Waals surface area contributed by atoms with E-state index < -0.39 is 22.0 Å². The van der Waals surface area contributed by atoms with Gasteiger partial charge in [0.2, 0.25) is 10.0 Å². The van der Waals surface area contributed by atoms with Gasteiger partial charge in [-0.2, -0.15) is 0 Å². The Kier molecular flexibility index (Phi) is 5.71. The van der Waals surface area contributed by atoms with Crippen LogP contribution in [0.1, 0.15) is 45.1 Å². The van der Waals surface area contributed by atoms with E-state index in [2.05, 4.69) is 4.72 Å². The second-order valence-corrected chi connectivity index (χ2v) is 6.76. The largest absolute Gasteiger partial charge is 0.481 e. The van der Waals surface area contributed by atoms with Gasteiger partial charge in [-0.1, -0.05) is 32.9 Å². The summed E-state index contributed by atoms with van der Waals surface area (Å²) in [5.74, 6) is -0.690. The fourth-order valence-corrected chi connectivity index (χ4v) is 3.12. The second-order valence-electron chi connectivity index (χ2n) is 5.05. The van der Waals surface area contributed by atoms with E-state index in [9.17, 15) is 13.2 Å². The molecule has 0 aliphatic carbocycles. The number of rotatable bonds is 7. The van der Waals surface area contributed by atoms with Crippen LogP contribution in [0.15, 0.2) is 29.2 Å². The van der Waals surface area contributed by atoms with Gasteiger partial charge in [0.25, 0.3) is 0 Å². The molecule has 0 aliphatic rings. The molecule has 1 atom stereocenters. The Morgan fingerprint density at radius 1 is 1.25 bits per heavy atom. The summed E-state index contributed by atoms with van der Waals surface area (Å²) < 4.78 is 26.8. The van der Waals surface area contributed by atoms with Crippen LogP contribution in [0.2, 0.25) is 0 Å². The first-order chi connectivity index (χ1) is 9.26. The topological polar surface area (TPSA) is 83.5 Å². The van der Waals surface area contributed by atoms with Crippen molar-refractivity contribution in [3.05, 3.63) is 29.8 Å². The zero-order chi connectivity index (χ0) is 15.3. The van der Waals surface area contributed by atoms with Crippen LogP contribution in [0.3, 0.4) is 0 Å². The number of carbonyl (C=O) groups is 1. The van der Waals surface area contributed by atoms with Crippen LogP contribution in [0.4, 0.5) is 0 Å². The maximum atomic E-state index is 12.2. The van der Waals surface area contributed by atoms with Crippen LogP contribution < -0.4 is 4.72 Å². The van der Waals surface area contributed by atoms with Gasteiger partial charge in [-0.05, 0) is 30.0 Å². The molecule has 6 heteroatoms. The van der Waals surface area contributed by atoms with Gasteiger partial charge < -0.3 is 5.11 Å². The van der Waals surface area contributed by atoms with Gasteiger partial charge in [-0.15, -0.1) is 0 Å². The Morgan fingerprint density at radius 3 is 2.20 bits per heavy atom. The van der Waals surface area contributed by atoms with E-state index in [-0.39, 0.29) is 11.3 Å². The predicted octanol–water partition coefficient (Wildman–Crippen LogP) is 2.34. The highest BCUT2D eigenvalue weighted by atomic mass is 32.2. The molecular weight excluding hydrogens is 278 g/mol. The Morgan fingerprint density at radius 2 is 1.80 bits per heavy atom. The first-order valence-electron chi connectivity index (χ1n) is 6.60. The first-order valence-corrected chi connectivity index (χ1v) is 8.08. The van der Waals surface area contributed by atoms with Crippen LogP contribution >= 0.6 is 0 Å². The van der Waals surface area contributed by atoms with Gasteiger partial charge in [-0.3, -0.25) is 4.79 Å². The van der Waals surface area contributed by atoms with Gasteiger partial charge in [-0.25, -0.2) is 13.1 Å². The summed E-state index contributed by atoms with van der Waals surface area (Å²) >= 11 is 0. The minimum atomic E-state index is -3.67. The van der Waals surface area contributed by atoms with E-state index in [1.54, 1.807) is 31.2 Å². The standard InChI is InChI=1S/C14H21NO4S/c1-4-12(9-14(16)17)15-20(18,19)13-7-5-11(6-8-13)10(2)3/h5-8,10,12,15H,4,9H2,1-3H3,(H,16,17). The lowest BCUT2D eigenvalue weighted by Gasteiger charge is -2.15. The van der Waals surface area contributed by atoms with Gasteiger partial charge in [0, 0.05) is 6.04 Å². The summed E-state index contributed by atoms with van der Waals surface area (Å²) in [6.07, 6.45) is 0.204. The van der Waals surface area contributed by atoms with Crippen molar-refractivity contribution < 1.29 is 18.3 Å². The van der Waals surface area contributed by atoms with Crippen LogP contribution in [0.25, 0.3) is 0 Å². The number of benzene rings is 1. The van der Waals surface area contributed by atoms with Crippen LogP contribution in [-0.2, 0) is 14.8 Å². The molecule has 1 rings (SSSR count). The molecule has 0 radical (unpaired) electrons. The molecule has 0 fully saturated rings. The molecule has 0 aromatic heterocycles. The van der Waals surface area contributed by atoms with Crippen molar-refractivity contribution >= 4 is 16.0 Å². The molecule has 0 amide bonds. The van der Waals surface area contributed by atoms with Crippen molar-refractivity contribution in [2.45, 2.75) is 50.5 Å². The average molecular weight is 299 g/mol. The average Bonchev–Trinajstić information content (AvgIpc) is 2.37. The Bertz CT molecular complexity index is 549. The molecule has 1 aromatic carbocycles. The molecule has 0 aliphatic heterocycles. The zero-order valence-corrected chi connectivity index (χ0v) is 12.8. The molecule has 112 valence electrons. The summed E-state index contributed by atoms with van der Waals surface area (Å²) in [4.78, 5) is 10.8. The third-order valence-electron chi connectivity index (χ3n) is 3.09. The molecule has 20 heavy (non-hydrogen) atoms. The normalized spacial score (nSPS) is 13.4. The van der Waals surface area contributed by atoms with E-state index in [1.807, 2.05) is 13.8 Å². The highest BCUT2D eigenvalue weighted by Crippen LogP contribution is 2.17. The van der Waals surface area contributed by atoms with Crippen molar-refractivity contribution in [2.75, 3.05) is 0 Å². The molecule has 5 nitrogen and oxygen atoms in total. The maximum absolute atomic E-state index is 12.2. The lowest BCUT2D eigenvalue weighted by Crippen LogP contribution is -2.36. The number of nitrogens with one attached hydrogen (secondary N) is 1. The van der Waals surface area contributed by atoms with Crippen molar-refractivity contribution in [3.63, 3.8) is 0 Å². The van der Waals surface area contributed by atoms with Crippen LogP contribution in [0.5, 0.6) is 0 Å². The fourth-order valence-electron chi connectivity index (χ4n) is 1.80. The molecule has 1 unspecified atom stereocenters. The van der Waals surface area contributed by atoms with Crippen molar-refractivity contribution in [3.8, 4) is 0 Å². The van der Waals surface area contributed by atoms with Gasteiger partial charge in [0.05, 0.1) is 11.3 Å². The molecule has 0 saturated carbocycles. The predicted molar refractivity (Wildman–Crippen MR) is 77.2 cm³/mol. The SMILES string of the molecule is CCC(CC(=O)O)NS(=O)(=O)c1ccc(C(C)C)cc1. The van der Waals surface area contributed by atoms with E-state index >= 15 is 0 Å². The first kappa shape index (κ1) is 16.7. The second kappa shape index (κ2) is 6.85. The van der Waals surface area contributed by atoms with Crippen molar-refractivity contribution in [1.29, 1.82) is 0 Å². The summed E-state index contributed by atoms with van der Waals surface area (Å²) in [5, 5.41) is 8.75. The zero-order valence-electron chi connectivity index (χ0n) is 12.0. The highest BCUT2D eigenvalue weighted by Gasteiger charge is 2.20. The van der Waals surface area contributed by atoms with Crippen molar-refractivity contribution in [1.82, 2.24) is 4.72 Å². The van der Waals surface area contributed by atoms with Crippen LogP contribution in [0, 0.1) is 0 Å². The molecule has 0 spiro atoms. The Labute approximate surface area is 120 Å². The monoisotopic (exact) mass is 299 g/mol. The number of hydrogen-bond acceptors (Lipinski definition) is 3. The maximum Gasteiger partial charge on any atom is 0.304 e. The number of carboxylic acid groups (broad SMARTS) is 1. The fraction of sp³-hybridized carbons (Fsp3) is 0.500. The summed E-state index contributed by atoms with van der Waals surface area (Å²) in [7, 11) is -3.67. The Balaban J connectivity index is 2.89.